The number of rotatable bonds is 5. The van der Waals surface area contributed by atoms with Crippen LogP contribution in [0.15, 0.2) is 16.8 Å². The van der Waals surface area contributed by atoms with E-state index in [2.05, 4.69) is 25.8 Å². The van der Waals surface area contributed by atoms with E-state index in [1.807, 2.05) is 23.9 Å². The van der Waals surface area contributed by atoms with Crippen LogP contribution in [-0.2, 0) is 13.0 Å². The largest absolute Gasteiger partial charge is 0.336 e. The van der Waals surface area contributed by atoms with Gasteiger partial charge < -0.3 is 4.90 Å². The first-order valence-electron chi connectivity index (χ1n) is 6.78. The lowest BCUT2D eigenvalue weighted by atomic mass is 10.2. The van der Waals surface area contributed by atoms with Gasteiger partial charge in [0.15, 0.2) is 0 Å². The van der Waals surface area contributed by atoms with Crippen molar-refractivity contribution in [3.63, 3.8) is 0 Å². The summed E-state index contributed by atoms with van der Waals surface area (Å²) in [7, 11) is 1.83. The van der Waals surface area contributed by atoms with E-state index in [-0.39, 0.29) is 5.91 Å². The van der Waals surface area contributed by atoms with E-state index in [9.17, 15) is 4.79 Å². The minimum atomic E-state index is 0.0695. The molecule has 3 nitrogen and oxygen atoms in total. The van der Waals surface area contributed by atoms with E-state index in [0.29, 0.717) is 12.5 Å². The summed E-state index contributed by atoms with van der Waals surface area (Å²) >= 11 is 3.32. The molecule has 20 heavy (non-hydrogen) atoms. The first kappa shape index (κ1) is 15.2. The molecule has 0 unspecified atom stereocenters. The molecule has 0 bridgehead atoms. The standard InChI is InChI=1S/C15H20N2OS2/c1-5-13-6-11(8-19-13)15(18)17(4)7-12-9-20-14(16-12)10(2)3/h6,8-10H,5,7H2,1-4H3. The van der Waals surface area contributed by atoms with Gasteiger partial charge in [-0.2, -0.15) is 0 Å². The fraction of sp³-hybridized carbons (Fsp3) is 0.467. The van der Waals surface area contributed by atoms with E-state index >= 15 is 0 Å². The zero-order valence-corrected chi connectivity index (χ0v) is 14.0. The van der Waals surface area contributed by atoms with Crippen LogP contribution in [0.5, 0.6) is 0 Å². The van der Waals surface area contributed by atoms with Gasteiger partial charge in [0, 0.05) is 28.6 Å². The van der Waals surface area contributed by atoms with E-state index in [4.69, 9.17) is 0 Å². The van der Waals surface area contributed by atoms with Gasteiger partial charge in [0.25, 0.3) is 5.91 Å². The van der Waals surface area contributed by atoms with Crippen LogP contribution >= 0.6 is 22.7 Å². The molecule has 2 aromatic heterocycles. The Kier molecular flexibility index (Phi) is 4.94. The summed E-state index contributed by atoms with van der Waals surface area (Å²) in [4.78, 5) is 19.9. The minimum Gasteiger partial charge on any atom is -0.336 e. The Labute approximate surface area is 128 Å². The van der Waals surface area contributed by atoms with Gasteiger partial charge in [-0.25, -0.2) is 4.98 Å². The highest BCUT2D eigenvalue weighted by molar-refractivity contribution is 7.10. The molecule has 2 heterocycles. The van der Waals surface area contributed by atoms with Crippen LogP contribution in [0.4, 0.5) is 0 Å². The fourth-order valence-corrected chi connectivity index (χ4v) is 3.51. The van der Waals surface area contributed by atoms with Crippen molar-refractivity contribution in [1.29, 1.82) is 0 Å². The monoisotopic (exact) mass is 308 g/mol. The maximum absolute atomic E-state index is 12.3. The molecule has 0 aromatic carbocycles. The number of nitrogens with zero attached hydrogens (tertiary/aromatic N) is 2. The summed E-state index contributed by atoms with van der Waals surface area (Å²) < 4.78 is 0. The highest BCUT2D eigenvalue weighted by Gasteiger charge is 2.15. The second-order valence-corrected chi connectivity index (χ2v) is 7.03. The topological polar surface area (TPSA) is 33.2 Å². The van der Waals surface area contributed by atoms with Crippen LogP contribution in [-0.4, -0.2) is 22.8 Å². The summed E-state index contributed by atoms with van der Waals surface area (Å²) in [6, 6.07) is 1.99. The van der Waals surface area contributed by atoms with Crippen molar-refractivity contribution in [3.05, 3.63) is 38.0 Å². The highest BCUT2D eigenvalue weighted by Crippen LogP contribution is 2.21. The van der Waals surface area contributed by atoms with Gasteiger partial charge in [-0.05, 0) is 12.5 Å². The van der Waals surface area contributed by atoms with Crippen molar-refractivity contribution in [1.82, 2.24) is 9.88 Å². The Morgan fingerprint density at radius 3 is 2.65 bits per heavy atom. The van der Waals surface area contributed by atoms with E-state index in [1.54, 1.807) is 27.6 Å². The van der Waals surface area contributed by atoms with Gasteiger partial charge in [0.2, 0.25) is 0 Å². The third-order valence-electron chi connectivity index (χ3n) is 3.06. The van der Waals surface area contributed by atoms with Crippen LogP contribution in [0.3, 0.4) is 0 Å². The molecule has 5 heteroatoms. The smallest absolute Gasteiger partial charge is 0.254 e. The second kappa shape index (κ2) is 6.50. The molecule has 0 saturated heterocycles. The summed E-state index contributed by atoms with van der Waals surface area (Å²) in [6.07, 6.45) is 0.978. The first-order valence-corrected chi connectivity index (χ1v) is 8.54. The Morgan fingerprint density at radius 1 is 1.35 bits per heavy atom. The highest BCUT2D eigenvalue weighted by atomic mass is 32.1. The van der Waals surface area contributed by atoms with Gasteiger partial charge >= 0.3 is 0 Å². The van der Waals surface area contributed by atoms with Crippen LogP contribution in [0.2, 0.25) is 0 Å². The predicted molar refractivity (Wildman–Crippen MR) is 85.7 cm³/mol. The van der Waals surface area contributed by atoms with E-state index in [1.165, 1.54) is 4.88 Å². The Bertz CT molecular complexity index is 586. The molecule has 0 aliphatic heterocycles. The molecule has 0 N–H and O–H groups in total. The fourth-order valence-electron chi connectivity index (χ4n) is 1.87. The number of aryl methyl sites for hydroxylation is 1. The molecule has 0 spiro atoms. The molecule has 2 rings (SSSR count). The van der Waals surface area contributed by atoms with Crippen LogP contribution in [0.1, 0.15) is 52.6 Å². The molecule has 0 aliphatic rings. The second-order valence-electron chi connectivity index (χ2n) is 5.15. The summed E-state index contributed by atoms with van der Waals surface area (Å²) in [5, 5.41) is 5.12. The number of carbonyl (C=O) groups is 1. The SMILES string of the molecule is CCc1cc(C(=O)N(C)Cc2csc(C(C)C)n2)cs1. The summed E-state index contributed by atoms with van der Waals surface area (Å²) in [5.41, 5.74) is 1.76. The van der Waals surface area contributed by atoms with Gasteiger partial charge in [0.1, 0.15) is 0 Å². The Morgan fingerprint density at radius 2 is 2.10 bits per heavy atom. The molecular weight excluding hydrogens is 288 g/mol. The Hall–Kier alpha value is -1.20. The average Bonchev–Trinajstić information content (AvgIpc) is 3.06. The molecule has 0 atom stereocenters. The lowest BCUT2D eigenvalue weighted by Crippen LogP contribution is -2.25. The summed E-state index contributed by atoms with van der Waals surface area (Å²) in [6.45, 7) is 6.94. The number of hydrogen-bond donors (Lipinski definition) is 0. The normalized spacial score (nSPS) is 11.1. The third kappa shape index (κ3) is 3.46. The quantitative estimate of drug-likeness (QED) is 0.831. The van der Waals surface area contributed by atoms with Gasteiger partial charge in [-0.1, -0.05) is 20.8 Å². The maximum Gasteiger partial charge on any atom is 0.254 e. The van der Waals surface area contributed by atoms with E-state index < -0.39 is 0 Å². The van der Waals surface area contributed by atoms with Crippen molar-refractivity contribution in [2.24, 2.45) is 0 Å². The molecular formula is C15H20N2OS2. The van der Waals surface area contributed by atoms with Gasteiger partial charge in [0.05, 0.1) is 22.8 Å². The molecule has 0 radical (unpaired) electrons. The molecule has 0 fully saturated rings. The average molecular weight is 308 g/mol. The summed E-state index contributed by atoms with van der Waals surface area (Å²) in [5.74, 6) is 0.513. The van der Waals surface area contributed by atoms with Crippen molar-refractivity contribution in [3.8, 4) is 0 Å². The lowest BCUT2D eigenvalue weighted by Gasteiger charge is -2.14. The number of thiazole rings is 1. The van der Waals surface area contributed by atoms with Crippen LogP contribution in [0, 0.1) is 0 Å². The Balaban J connectivity index is 2.03. The molecule has 0 saturated carbocycles. The molecule has 0 aliphatic carbocycles. The third-order valence-corrected chi connectivity index (χ3v) is 5.33. The number of hydrogen-bond acceptors (Lipinski definition) is 4. The van der Waals surface area contributed by atoms with Crippen molar-refractivity contribution >= 4 is 28.6 Å². The lowest BCUT2D eigenvalue weighted by molar-refractivity contribution is 0.0784. The number of aromatic nitrogens is 1. The van der Waals surface area contributed by atoms with Crippen LogP contribution in [0.25, 0.3) is 0 Å². The van der Waals surface area contributed by atoms with Crippen molar-refractivity contribution in [2.45, 2.75) is 39.7 Å². The number of amides is 1. The molecule has 2 aromatic rings. The predicted octanol–water partition coefficient (Wildman–Crippen LogP) is 4.16. The first-order chi connectivity index (χ1) is 9.51. The zero-order valence-electron chi connectivity index (χ0n) is 12.3. The molecule has 1 amide bonds. The minimum absolute atomic E-state index is 0.0695. The van der Waals surface area contributed by atoms with Crippen LogP contribution < -0.4 is 0 Å². The van der Waals surface area contributed by atoms with Crippen molar-refractivity contribution in [2.75, 3.05) is 7.05 Å². The maximum atomic E-state index is 12.3. The number of thiophene rings is 1. The van der Waals surface area contributed by atoms with Gasteiger partial charge in [-0.15, -0.1) is 22.7 Å². The molecule has 108 valence electrons. The number of carbonyl (C=O) groups excluding carboxylic acids is 1. The van der Waals surface area contributed by atoms with E-state index in [0.717, 1.165) is 22.7 Å². The zero-order chi connectivity index (χ0) is 14.7. The van der Waals surface area contributed by atoms with Crippen molar-refractivity contribution < 1.29 is 4.79 Å². The van der Waals surface area contributed by atoms with Gasteiger partial charge in [-0.3, -0.25) is 4.79 Å².